The maximum atomic E-state index is 12.9. The van der Waals surface area contributed by atoms with Crippen LogP contribution in [0.3, 0.4) is 0 Å². The molecule has 2 nitrogen and oxygen atoms in total. The van der Waals surface area contributed by atoms with Crippen LogP contribution in [-0.2, 0) is 6.18 Å². The summed E-state index contributed by atoms with van der Waals surface area (Å²) in [6.07, 6.45) is -4.43. The SMILES string of the molecule is N#Cc1ccc(-c2ccccc2C(F)(F)F)cc1N. The third-order valence-corrected chi connectivity index (χ3v) is 2.72. The van der Waals surface area contributed by atoms with Gasteiger partial charge in [0.05, 0.1) is 16.8 Å². The summed E-state index contributed by atoms with van der Waals surface area (Å²) >= 11 is 0. The number of hydrogen-bond acceptors (Lipinski definition) is 2. The fraction of sp³-hybridized carbons (Fsp3) is 0.0714. The summed E-state index contributed by atoms with van der Waals surface area (Å²) in [7, 11) is 0. The third-order valence-electron chi connectivity index (χ3n) is 2.72. The van der Waals surface area contributed by atoms with Crippen molar-refractivity contribution < 1.29 is 13.2 Å². The quantitative estimate of drug-likeness (QED) is 0.794. The van der Waals surface area contributed by atoms with Crippen molar-refractivity contribution in [1.29, 1.82) is 5.26 Å². The smallest absolute Gasteiger partial charge is 0.398 e. The molecular weight excluding hydrogens is 253 g/mol. The number of anilines is 1. The number of nitriles is 1. The highest BCUT2D eigenvalue weighted by atomic mass is 19.4. The molecule has 2 N–H and O–H groups in total. The summed E-state index contributed by atoms with van der Waals surface area (Å²) in [5.74, 6) is 0. The highest BCUT2D eigenvalue weighted by Crippen LogP contribution is 2.37. The highest BCUT2D eigenvalue weighted by molar-refractivity contribution is 5.73. The Morgan fingerprint density at radius 1 is 1.05 bits per heavy atom. The Morgan fingerprint density at radius 3 is 2.32 bits per heavy atom. The van der Waals surface area contributed by atoms with Crippen molar-refractivity contribution in [2.45, 2.75) is 6.18 Å². The molecular formula is C14H9F3N2. The molecule has 0 fully saturated rings. The van der Waals surface area contributed by atoms with Crippen LogP contribution >= 0.6 is 0 Å². The van der Waals surface area contributed by atoms with Crippen LogP contribution in [0.1, 0.15) is 11.1 Å². The van der Waals surface area contributed by atoms with Crippen LogP contribution < -0.4 is 5.73 Å². The van der Waals surface area contributed by atoms with Crippen LogP contribution in [-0.4, -0.2) is 0 Å². The van der Waals surface area contributed by atoms with Gasteiger partial charge >= 0.3 is 6.18 Å². The lowest BCUT2D eigenvalue weighted by atomic mass is 9.98. The molecule has 5 heteroatoms. The van der Waals surface area contributed by atoms with E-state index in [0.717, 1.165) is 6.07 Å². The average Bonchev–Trinajstić information content (AvgIpc) is 2.37. The molecule has 0 heterocycles. The van der Waals surface area contributed by atoms with E-state index < -0.39 is 11.7 Å². The number of nitrogen functional groups attached to an aromatic ring is 1. The second-order valence-corrected chi connectivity index (χ2v) is 3.96. The van der Waals surface area contributed by atoms with E-state index in [9.17, 15) is 13.2 Å². The number of nitrogens with two attached hydrogens (primary N) is 1. The summed E-state index contributed by atoms with van der Waals surface area (Å²) < 4.78 is 38.7. The summed E-state index contributed by atoms with van der Waals surface area (Å²) in [6, 6.07) is 11.4. The zero-order valence-corrected chi connectivity index (χ0v) is 9.70. The van der Waals surface area contributed by atoms with Crippen molar-refractivity contribution in [3.8, 4) is 17.2 Å². The van der Waals surface area contributed by atoms with Crippen LogP contribution in [0.2, 0.25) is 0 Å². The predicted octanol–water partition coefficient (Wildman–Crippen LogP) is 3.83. The predicted molar refractivity (Wildman–Crippen MR) is 66.0 cm³/mol. The fourth-order valence-corrected chi connectivity index (χ4v) is 1.81. The van der Waals surface area contributed by atoms with Gasteiger partial charge in [0.25, 0.3) is 0 Å². The van der Waals surface area contributed by atoms with Crippen LogP contribution in [0.4, 0.5) is 18.9 Å². The molecule has 96 valence electrons. The Labute approximate surface area is 107 Å². The molecule has 0 aliphatic rings. The van der Waals surface area contributed by atoms with Gasteiger partial charge in [-0.25, -0.2) is 0 Å². The molecule has 0 aromatic heterocycles. The Balaban J connectivity index is 2.61. The molecule has 0 aliphatic heterocycles. The zero-order valence-electron chi connectivity index (χ0n) is 9.70. The minimum absolute atomic E-state index is 0.0474. The highest BCUT2D eigenvalue weighted by Gasteiger charge is 2.33. The van der Waals surface area contributed by atoms with Gasteiger partial charge in [0, 0.05) is 0 Å². The second-order valence-electron chi connectivity index (χ2n) is 3.96. The number of rotatable bonds is 1. The van der Waals surface area contributed by atoms with Crippen LogP contribution in [0.25, 0.3) is 11.1 Å². The number of benzene rings is 2. The molecule has 0 atom stereocenters. The van der Waals surface area contributed by atoms with Gasteiger partial charge < -0.3 is 5.73 Å². The first-order valence-corrected chi connectivity index (χ1v) is 5.39. The van der Waals surface area contributed by atoms with Crippen molar-refractivity contribution >= 4 is 5.69 Å². The molecule has 0 radical (unpaired) electrons. The number of hydrogen-bond donors (Lipinski definition) is 1. The van der Waals surface area contributed by atoms with Gasteiger partial charge in [0.15, 0.2) is 0 Å². The summed E-state index contributed by atoms with van der Waals surface area (Å²) in [5, 5.41) is 8.75. The van der Waals surface area contributed by atoms with Crippen LogP contribution in [0, 0.1) is 11.3 Å². The van der Waals surface area contributed by atoms with E-state index in [4.69, 9.17) is 11.0 Å². The zero-order chi connectivity index (χ0) is 14.0. The van der Waals surface area contributed by atoms with Crippen molar-refractivity contribution in [3.63, 3.8) is 0 Å². The molecule has 0 bridgehead atoms. The molecule has 0 saturated heterocycles. The van der Waals surface area contributed by atoms with Crippen LogP contribution in [0.15, 0.2) is 42.5 Å². The molecule has 0 unspecified atom stereocenters. The molecule has 2 aromatic carbocycles. The number of halogens is 3. The van der Waals surface area contributed by atoms with Crippen molar-refractivity contribution in [2.24, 2.45) is 0 Å². The Morgan fingerprint density at radius 2 is 1.74 bits per heavy atom. The first kappa shape index (κ1) is 13.0. The van der Waals surface area contributed by atoms with Gasteiger partial charge in [-0.15, -0.1) is 0 Å². The van der Waals surface area contributed by atoms with E-state index in [2.05, 4.69) is 0 Å². The summed E-state index contributed by atoms with van der Waals surface area (Å²) in [4.78, 5) is 0. The Bertz CT molecular complexity index is 654. The summed E-state index contributed by atoms with van der Waals surface area (Å²) in [6.45, 7) is 0. The maximum Gasteiger partial charge on any atom is 0.417 e. The minimum Gasteiger partial charge on any atom is -0.398 e. The molecule has 0 aliphatic carbocycles. The largest absolute Gasteiger partial charge is 0.417 e. The first-order chi connectivity index (χ1) is 8.93. The van der Waals surface area contributed by atoms with Crippen LogP contribution in [0.5, 0.6) is 0 Å². The Hall–Kier alpha value is -2.48. The van der Waals surface area contributed by atoms with Gasteiger partial charge in [-0.1, -0.05) is 24.3 Å². The summed E-state index contributed by atoms with van der Waals surface area (Å²) in [5.41, 5.74) is 5.69. The molecule has 0 saturated carbocycles. The maximum absolute atomic E-state index is 12.9. The molecule has 2 rings (SSSR count). The number of nitrogens with zero attached hydrogens (tertiary/aromatic N) is 1. The monoisotopic (exact) mass is 262 g/mol. The second kappa shape index (κ2) is 4.65. The van der Waals surface area contributed by atoms with E-state index >= 15 is 0 Å². The van der Waals surface area contributed by atoms with Gasteiger partial charge in [0.2, 0.25) is 0 Å². The lowest BCUT2D eigenvalue weighted by Gasteiger charge is -2.13. The van der Waals surface area contributed by atoms with E-state index in [0.29, 0.717) is 5.56 Å². The standard InChI is InChI=1S/C14H9F3N2/c15-14(16,17)12-4-2-1-3-11(12)9-5-6-10(8-18)13(19)7-9/h1-7H,19H2. The first-order valence-electron chi connectivity index (χ1n) is 5.39. The number of alkyl halides is 3. The topological polar surface area (TPSA) is 49.8 Å². The molecule has 0 spiro atoms. The Kier molecular flexibility index (Phi) is 3.17. The average molecular weight is 262 g/mol. The van der Waals surface area contributed by atoms with E-state index in [-0.39, 0.29) is 16.8 Å². The van der Waals surface area contributed by atoms with Gasteiger partial charge in [-0.2, -0.15) is 18.4 Å². The van der Waals surface area contributed by atoms with Gasteiger partial charge in [0.1, 0.15) is 6.07 Å². The minimum atomic E-state index is -4.43. The van der Waals surface area contributed by atoms with E-state index in [1.807, 2.05) is 6.07 Å². The van der Waals surface area contributed by atoms with Crippen molar-refractivity contribution in [1.82, 2.24) is 0 Å². The molecule has 19 heavy (non-hydrogen) atoms. The lowest BCUT2D eigenvalue weighted by molar-refractivity contribution is -0.137. The fourth-order valence-electron chi connectivity index (χ4n) is 1.81. The molecule has 0 amide bonds. The van der Waals surface area contributed by atoms with Gasteiger partial charge in [-0.05, 0) is 29.3 Å². The normalized spacial score (nSPS) is 11.1. The van der Waals surface area contributed by atoms with Crippen molar-refractivity contribution in [3.05, 3.63) is 53.6 Å². The van der Waals surface area contributed by atoms with Gasteiger partial charge in [-0.3, -0.25) is 0 Å². The third kappa shape index (κ3) is 2.52. The van der Waals surface area contributed by atoms with E-state index in [1.165, 1.54) is 36.4 Å². The van der Waals surface area contributed by atoms with E-state index in [1.54, 1.807) is 0 Å². The lowest BCUT2D eigenvalue weighted by Crippen LogP contribution is -2.07. The molecule has 2 aromatic rings. The van der Waals surface area contributed by atoms with Crippen molar-refractivity contribution in [2.75, 3.05) is 5.73 Å².